The van der Waals surface area contributed by atoms with E-state index in [1.165, 1.54) is 31.4 Å². The standard InChI is InChI=1S/C17H18ClFN2O4S/c1-25-10-9-20-17(22)12-21(13-7-8-16(19)15(18)11-13)26(23,24)14-5-3-2-4-6-14/h2-8,11H,9-10,12H2,1H3,(H,20,22). The molecule has 0 atom stereocenters. The minimum atomic E-state index is -4.05. The van der Waals surface area contributed by atoms with Crippen LogP contribution < -0.4 is 9.62 Å². The zero-order valence-corrected chi connectivity index (χ0v) is 15.6. The normalized spacial score (nSPS) is 11.2. The Morgan fingerprint density at radius 2 is 1.92 bits per heavy atom. The number of hydrogen-bond acceptors (Lipinski definition) is 4. The summed E-state index contributed by atoms with van der Waals surface area (Å²) >= 11 is 5.78. The lowest BCUT2D eigenvalue weighted by Crippen LogP contribution is -2.41. The van der Waals surface area contributed by atoms with Crippen LogP contribution in [-0.2, 0) is 19.6 Å². The predicted molar refractivity (Wildman–Crippen MR) is 97.3 cm³/mol. The van der Waals surface area contributed by atoms with Crippen molar-refractivity contribution < 1.29 is 22.3 Å². The second kappa shape index (κ2) is 8.98. The number of nitrogens with one attached hydrogen (secondary N) is 1. The van der Waals surface area contributed by atoms with Gasteiger partial charge in [-0.15, -0.1) is 0 Å². The Bertz CT molecular complexity index is 862. The Morgan fingerprint density at radius 3 is 2.54 bits per heavy atom. The Labute approximate surface area is 156 Å². The van der Waals surface area contributed by atoms with Gasteiger partial charge in [-0.1, -0.05) is 29.8 Å². The van der Waals surface area contributed by atoms with Crippen LogP contribution in [0.15, 0.2) is 53.4 Å². The van der Waals surface area contributed by atoms with Crippen molar-refractivity contribution in [1.29, 1.82) is 0 Å². The number of amides is 1. The maximum absolute atomic E-state index is 13.5. The maximum atomic E-state index is 13.5. The Kier molecular flexibility index (Phi) is 6.96. The second-order valence-corrected chi connectivity index (χ2v) is 7.54. The van der Waals surface area contributed by atoms with Gasteiger partial charge in [-0.25, -0.2) is 12.8 Å². The highest BCUT2D eigenvalue weighted by molar-refractivity contribution is 7.92. The number of ether oxygens (including phenoxy) is 1. The Balaban J connectivity index is 2.38. The van der Waals surface area contributed by atoms with Crippen molar-refractivity contribution in [3.8, 4) is 0 Å². The molecular weight excluding hydrogens is 383 g/mol. The average molecular weight is 401 g/mol. The molecule has 1 N–H and O–H groups in total. The quantitative estimate of drug-likeness (QED) is 0.690. The second-order valence-electron chi connectivity index (χ2n) is 5.27. The fourth-order valence-corrected chi connectivity index (χ4v) is 3.76. The number of nitrogens with zero attached hydrogens (tertiary/aromatic N) is 1. The van der Waals surface area contributed by atoms with Gasteiger partial charge >= 0.3 is 0 Å². The summed E-state index contributed by atoms with van der Waals surface area (Å²) < 4.78 is 45.1. The molecule has 0 saturated carbocycles. The summed E-state index contributed by atoms with van der Waals surface area (Å²) in [6.07, 6.45) is 0. The summed E-state index contributed by atoms with van der Waals surface area (Å²) in [4.78, 5) is 12.2. The van der Waals surface area contributed by atoms with Gasteiger partial charge in [0.1, 0.15) is 12.4 Å². The molecule has 0 aliphatic heterocycles. The molecule has 0 fully saturated rings. The first-order valence-electron chi connectivity index (χ1n) is 7.64. The van der Waals surface area contributed by atoms with E-state index < -0.39 is 28.3 Å². The van der Waals surface area contributed by atoms with Gasteiger partial charge in [0.25, 0.3) is 10.0 Å². The molecule has 0 spiro atoms. The van der Waals surface area contributed by atoms with Crippen molar-refractivity contribution in [2.75, 3.05) is 31.1 Å². The SMILES string of the molecule is COCCNC(=O)CN(c1ccc(F)c(Cl)c1)S(=O)(=O)c1ccccc1. The molecule has 6 nitrogen and oxygen atoms in total. The van der Waals surface area contributed by atoms with Gasteiger partial charge in [0.05, 0.1) is 22.2 Å². The molecule has 0 aliphatic carbocycles. The van der Waals surface area contributed by atoms with Gasteiger partial charge in [0.2, 0.25) is 5.91 Å². The molecule has 0 radical (unpaired) electrons. The van der Waals surface area contributed by atoms with Crippen molar-refractivity contribution in [2.24, 2.45) is 0 Å². The summed E-state index contributed by atoms with van der Waals surface area (Å²) in [5.41, 5.74) is 0.0853. The fraction of sp³-hybridized carbons (Fsp3) is 0.235. The lowest BCUT2D eigenvalue weighted by Gasteiger charge is -2.24. The number of anilines is 1. The van der Waals surface area contributed by atoms with E-state index in [0.717, 1.165) is 10.4 Å². The van der Waals surface area contributed by atoms with Gasteiger partial charge in [-0.2, -0.15) is 0 Å². The first kappa shape index (κ1) is 20.2. The number of benzene rings is 2. The topological polar surface area (TPSA) is 75.7 Å². The van der Waals surface area contributed by atoms with E-state index in [2.05, 4.69) is 5.32 Å². The van der Waals surface area contributed by atoms with E-state index in [0.29, 0.717) is 6.61 Å². The zero-order chi connectivity index (χ0) is 19.2. The van der Waals surface area contributed by atoms with Crippen LogP contribution in [0.5, 0.6) is 0 Å². The number of methoxy groups -OCH3 is 1. The smallest absolute Gasteiger partial charge is 0.264 e. The molecule has 0 aliphatic rings. The van der Waals surface area contributed by atoms with E-state index >= 15 is 0 Å². The van der Waals surface area contributed by atoms with Crippen molar-refractivity contribution in [3.05, 3.63) is 59.4 Å². The minimum Gasteiger partial charge on any atom is -0.383 e. The van der Waals surface area contributed by atoms with Gasteiger partial charge in [-0.3, -0.25) is 9.10 Å². The molecule has 0 saturated heterocycles. The number of hydrogen-bond donors (Lipinski definition) is 1. The molecule has 2 aromatic carbocycles. The van der Waals surface area contributed by atoms with Crippen molar-refractivity contribution in [2.45, 2.75) is 4.90 Å². The van der Waals surface area contributed by atoms with E-state index in [4.69, 9.17) is 16.3 Å². The van der Waals surface area contributed by atoms with Crippen LogP contribution in [0.4, 0.5) is 10.1 Å². The van der Waals surface area contributed by atoms with Crippen LogP contribution in [0.25, 0.3) is 0 Å². The molecule has 2 aromatic rings. The number of carbonyl (C=O) groups is 1. The minimum absolute atomic E-state index is 0.00476. The average Bonchev–Trinajstić information content (AvgIpc) is 2.63. The third-order valence-corrected chi connectivity index (χ3v) is 5.52. The van der Waals surface area contributed by atoms with Crippen LogP contribution in [0.1, 0.15) is 0 Å². The summed E-state index contributed by atoms with van der Waals surface area (Å²) in [5.74, 6) is -1.21. The van der Waals surface area contributed by atoms with Gasteiger partial charge in [-0.05, 0) is 30.3 Å². The Hall–Kier alpha value is -2.16. The maximum Gasteiger partial charge on any atom is 0.264 e. The molecule has 9 heteroatoms. The van der Waals surface area contributed by atoms with Crippen molar-refractivity contribution >= 4 is 33.2 Å². The van der Waals surface area contributed by atoms with E-state index in [1.807, 2.05) is 0 Å². The first-order chi connectivity index (χ1) is 12.4. The lowest BCUT2D eigenvalue weighted by molar-refractivity contribution is -0.119. The molecule has 26 heavy (non-hydrogen) atoms. The van der Waals surface area contributed by atoms with Crippen LogP contribution in [0.3, 0.4) is 0 Å². The summed E-state index contributed by atoms with van der Waals surface area (Å²) in [7, 11) is -2.56. The molecule has 0 unspecified atom stereocenters. The van der Waals surface area contributed by atoms with E-state index in [-0.39, 0.29) is 22.2 Å². The van der Waals surface area contributed by atoms with Crippen LogP contribution in [0.2, 0.25) is 5.02 Å². The van der Waals surface area contributed by atoms with Gasteiger partial charge < -0.3 is 10.1 Å². The van der Waals surface area contributed by atoms with E-state index in [9.17, 15) is 17.6 Å². The molecular formula is C17H18ClFN2O4S. The monoisotopic (exact) mass is 400 g/mol. The molecule has 140 valence electrons. The van der Waals surface area contributed by atoms with Crippen LogP contribution in [0, 0.1) is 5.82 Å². The fourth-order valence-electron chi connectivity index (χ4n) is 2.15. The number of rotatable bonds is 8. The molecule has 2 rings (SSSR count). The van der Waals surface area contributed by atoms with E-state index in [1.54, 1.807) is 18.2 Å². The summed E-state index contributed by atoms with van der Waals surface area (Å²) in [6.45, 7) is 0.0428. The highest BCUT2D eigenvalue weighted by atomic mass is 35.5. The van der Waals surface area contributed by atoms with Gasteiger partial charge in [0, 0.05) is 13.7 Å². The number of halogens is 2. The molecule has 1 amide bonds. The Morgan fingerprint density at radius 1 is 1.23 bits per heavy atom. The zero-order valence-electron chi connectivity index (χ0n) is 14.0. The highest BCUT2D eigenvalue weighted by Gasteiger charge is 2.27. The number of sulfonamides is 1. The third kappa shape index (κ3) is 4.94. The van der Waals surface area contributed by atoms with Crippen molar-refractivity contribution in [1.82, 2.24) is 5.32 Å². The molecule has 0 aromatic heterocycles. The highest BCUT2D eigenvalue weighted by Crippen LogP contribution is 2.27. The lowest BCUT2D eigenvalue weighted by atomic mass is 10.3. The predicted octanol–water partition coefficient (Wildman–Crippen LogP) is 2.44. The summed E-state index contributed by atoms with van der Waals surface area (Å²) in [6, 6.07) is 11.1. The molecule has 0 bridgehead atoms. The summed E-state index contributed by atoms with van der Waals surface area (Å²) in [5, 5.41) is 2.32. The molecule has 0 heterocycles. The van der Waals surface area contributed by atoms with Crippen molar-refractivity contribution in [3.63, 3.8) is 0 Å². The van der Waals surface area contributed by atoms with Gasteiger partial charge in [0.15, 0.2) is 0 Å². The first-order valence-corrected chi connectivity index (χ1v) is 9.46. The van der Waals surface area contributed by atoms with Crippen LogP contribution >= 0.6 is 11.6 Å². The number of carbonyl (C=O) groups excluding carboxylic acids is 1. The largest absolute Gasteiger partial charge is 0.383 e. The third-order valence-electron chi connectivity index (χ3n) is 3.44. The van der Waals surface area contributed by atoms with Crippen LogP contribution in [-0.4, -0.2) is 41.1 Å².